The first-order chi connectivity index (χ1) is 20.7. The fourth-order valence-corrected chi connectivity index (χ4v) is 4.45. The lowest BCUT2D eigenvalue weighted by atomic mass is 10.2. The van der Waals surface area contributed by atoms with Crippen LogP contribution >= 0.6 is 0 Å². The van der Waals surface area contributed by atoms with Crippen LogP contribution in [0.4, 0.5) is 0 Å². The molecule has 2 aromatic carbocycles. The highest BCUT2D eigenvalue weighted by atomic mass is 16.4. The maximum absolute atomic E-state index is 13.3. The number of para-hydroxylation sites is 4. The van der Waals surface area contributed by atoms with Crippen molar-refractivity contribution in [3.8, 4) is 0 Å². The second kappa shape index (κ2) is 14.6. The van der Waals surface area contributed by atoms with E-state index in [4.69, 9.17) is 0 Å². The minimum Gasteiger partial charge on any atom is -0.480 e. The summed E-state index contributed by atoms with van der Waals surface area (Å²) in [5.74, 6) is -1.83. The zero-order chi connectivity index (χ0) is 30.8. The van der Waals surface area contributed by atoms with Crippen LogP contribution in [0, 0.1) is 0 Å². The second-order valence-electron chi connectivity index (χ2n) is 9.94. The third kappa shape index (κ3) is 8.86. The molecule has 4 rings (SSSR count). The smallest absolute Gasteiger partial charge is 0.326 e. The van der Waals surface area contributed by atoms with Crippen molar-refractivity contribution in [3.63, 3.8) is 0 Å². The van der Waals surface area contributed by atoms with Gasteiger partial charge in [-0.2, -0.15) is 0 Å². The zero-order valence-corrected chi connectivity index (χ0v) is 23.7. The van der Waals surface area contributed by atoms with Crippen molar-refractivity contribution in [2.45, 2.75) is 51.2 Å². The summed E-state index contributed by atoms with van der Waals surface area (Å²) >= 11 is 0. The summed E-state index contributed by atoms with van der Waals surface area (Å²) in [6, 6.07) is 13.8. The molecule has 0 radical (unpaired) electrons. The van der Waals surface area contributed by atoms with Crippen molar-refractivity contribution in [2.24, 2.45) is 0 Å². The Hall–Kier alpha value is -5.27. The van der Waals surface area contributed by atoms with Crippen LogP contribution in [-0.4, -0.2) is 79.2 Å². The lowest BCUT2D eigenvalue weighted by Crippen LogP contribution is -2.44. The molecule has 2 aromatic heterocycles. The number of carbonyl (C=O) groups is 5. The lowest BCUT2D eigenvalue weighted by Gasteiger charge is -2.21. The quantitative estimate of drug-likeness (QED) is 0.111. The number of amides is 4. The van der Waals surface area contributed by atoms with Crippen LogP contribution in [0.2, 0.25) is 0 Å². The summed E-state index contributed by atoms with van der Waals surface area (Å²) in [5, 5.41) is 16.4. The van der Waals surface area contributed by atoms with E-state index in [0.29, 0.717) is 18.1 Å². The zero-order valence-electron chi connectivity index (χ0n) is 23.7. The standard InChI is InChI=1S/C29H34N8O6/c1-30-27(40)15-22(29(42)43)36-26(39)13-12-25(38)31-14-6-11-28(41)37(16-23-32-18-7-2-3-8-19(18)33-23)17-24-34-20-9-4-5-10-21(20)35-24/h2-5,7-10,22H,6,11-17H2,1H3,(H,30,40)(H,31,38)(H,32,33)(H,34,35)(H,36,39)(H,42,43). The van der Waals surface area contributed by atoms with Gasteiger partial charge in [-0.1, -0.05) is 24.3 Å². The van der Waals surface area contributed by atoms with Gasteiger partial charge in [-0.15, -0.1) is 0 Å². The summed E-state index contributed by atoms with van der Waals surface area (Å²) in [6.07, 6.45) is -0.315. The number of carboxylic acids is 1. The van der Waals surface area contributed by atoms with Crippen LogP contribution in [0.15, 0.2) is 48.5 Å². The number of H-pyrrole nitrogens is 2. The number of imidazole rings is 2. The van der Waals surface area contributed by atoms with Crippen LogP contribution < -0.4 is 16.0 Å². The van der Waals surface area contributed by atoms with Crippen LogP contribution in [0.25, 0.3) is 22.1 Å². The number of nitrogens with one attached hydrogen (secondary N) is 5. The van der Waals surface area contributed by atoms with Crippen molar-refractivity contribution < 1.29 is 29.1 Å². The third-order valence-corrected chi connectivity index (χ3v) is 6.68. The predicted molar refractivity (Wildman–Crippen MR) is 156 cm³/mol. The van der Waals surface area contributed by atoms with Gasteiger partial charge in [0, 0.05) is 32.9 Å². The average Bonchev–Trinajstić information content (AvgIpc) is 3.60. The molecule has 0 aliphatic rings. The van der Waals surface area contributed by atoms with Gasteiger partial charge in [-0.25, -0.2) is 14.8 Å². The Morgan fingerprint density at radius 2 is 1.37 bits per heavy atom. The first-order valence-electron chi connectivity index (χ1n) is 13.9. The van der Waals surface area contributed by atoms with Crippen LogP contribution in [0.1, 0.15) is 43.8 Å². The fraction of sp³-hybridized carbons (Fsp3) is 0.345. The Bertz CT molecular complexity index is 1470. The molecule has 0 spiro atoms. The number of aromatic amines is 2. The number of aromatic nitrogens is 4. The highest BCUT2D eigenvalue weighted by molar-refractivity contribution is 5.90. The molecule has 4 aromatic rings. The monoisotopic (exact) mass is 590 g/mol. The van der Waals surface area contributed by atoms with E-state index >= 15 is 0 Å². The summed E-state index contributed by atoms with van der Waals surface area (Å²) in [7, 11) is 1.36. The van der Waals surface area contributed by atoms with E-state index in [1.54, 1.807) is 4.90 Å². The van der Waals surface area contributed by atoms with E-state index in [1.807, 2.05) is 48.5 Å². The first-order valence-corrected chi connectivity index (χ1v) is 13.9. The van der Waals surface area contributed by atoms with E-state index in [-0.39, 0.29) is 44.8 Å². The number of benzene rings is 2. The van der Waals surface area contributed by atoms with Crippen molar-refractivity contribution in [1.29, 1.82) is 0 Å². The molecule has 0 fully saturated rings. The molecule has 6 N–H and O–H groups in total. The Morgan fingerprint density at radius 1 is 0.814 bits per heavy atom. The van der Waals surface area contributed by atoms with E-state index in [9.17, 15) is 29.1 Å². The Morgan fingerprint density at radius 3 is 1.91 bits per heavy atom. The molecular formula is C29H34N8O6. The van der Waals surface area contributed by atoms with E-state index in [2.05, 4.69) is 35.9 Å². The highest BCUT2D eigenvalue weighted by Gasteiger charge is 2.23. The van der Waals surface area contributed by atoms with Gasteiger partial charge in [0.05, 0.1) is 41.6 Å². The van der Waals surface area contributed by atoms with E-state index in [0.717, 1.165) is 22.1 Å². The topological polar surface area (TPSA) is 202 Å². The van der Waals surface area contributed by atoms with Gasteiger partial charge in [-0.3, -0.25) is 19.2 Å². The second-order valence-corrected chi connectivity index (χ2v) is 9.94. The van der Waals surface area contributed by atoms with Gasteiger partial charge in [-0.05, 0) is 30.7 Å². The lowest BCUT2D eigenvalue weighted by molar-refractivity contribution is -0.143. The fourth-order valence-electron chi connectivity index (χ4n) is 4.45. The van der Waals surface area contributed by atoms with E-state index in [1.165, 1.54) is 7.05 Å². The number of rotatable bonds is 15. The third-order valence-electron chi connectivity index (χ3n) is 6.68. The van der Waals surface area contributed by atoms with Crippen molar-refractivity contribution >= 4 is 51.7 Å². The number of nitrogens with zero attached hydrogens (tertiary/aromatic N) is 3. The van der Waals surface area contributed by atoms with Crippen LogP contribution in [0.3, 0.4) is 0 Å². The summed E-state index contributed by atoms with van der Waals surface area (Å²) in [6.45, 7) is 0.691. The minimum absolute atomic E-state index is 0.148. The average molecular weight is 591 g/mol. The molecule has 0 aliphatic heterocycles. The Balaban J connectivity index is 1.27. The van der Waals surface area contributed by atoms with E-state index < -0.39 is 36.2 Å². The van der Waals surface area contributed by atoms with Gasteiger partial charge in [0.15, 0.2) is 0 Å². The number of carboxylic acid groups (broad SMARTS) is 1. The molecule has 0 bridgehead atoms. The molecule has 43 heavy (non-hydrogen) atoms. The molecule has 226 valence electrons. The molecule has 0 aliphatic carbocycles. The normalized spacial score (nSPS) is 11.7. The van der Waals surface area contributed by atoms with Gasteiger partial charge in [0.1, 0.15) is 17.7 Å². The maximum Gasteiger partial charge on any atom is 0.326 e. The van der Waals surface area contributed by atoms with Crippen molar-refractivity contribution in [3.05, 3.63) is 60.2 Å². The molecule has 4 amide bonds. The van der Waals surface area contributed by atoms with Gasteiger partial charge < -0.3 is 35.9 Å². The van der Waals surface area contributed by atoms with Gasteiger partial charge in [0.25, 0.3) is 0 Å². The van der Waals surface area contributed by atoms with Gasteiger partial charge in [0.2, 0.25) is 23.6 Å². The molecule has 0 saturated carbocycles. The Labute approximate surface area is 246 Å². The molecule has 1 unspecified atom stereocenters. The summed E-state index contributed by atoms with van der Waals surface area (Å²) < 4.78 is 0. The molecule has 14 heteroatoms. The largest absolute Gasteiger partial charge is 0.480 e. The van der Waals surface area contributed by atoms with Gasteiger partial charge >= 0.3 is 5.97 Å². The number of fused-ring (bicyclic) bond motifs is 2. The predicted octanol–water partition coefficient (Wildman–Crippen LogP) is 1.35. The number of carbonyl (C=O) groups excluding carboxylic acids is 4. The molecule has 2 heterocycles. The highest BCUT2D eigenvalue weighted by Crippen LogP contribution is 2.16. The van der Waals surface area contributed by atoms with Crippen molar-refractivity contribution in [2.75, 3.05) is 13.6 Å². The number of hydrogen-bond donors (Lipinski definition) is 6. The summed E-state index contributed by atoms with van der Waals surface area (Å²) in [5.41, 5.74) is 3.34. The molecular weight excluding hydrogens is 556 g/mol. The minimum atomic E-state index is -1.39. The SMILES string of the molecule is CNC(=O)CC(NC(=O)CCC(=O)NCCCC(=O)N(Cc1nc2ccccc2[nH]1)Cc1nc2ccccc2[nH]1)C(=O)O. The first kappa shape index (κ1) is 30.7. The molecule has 0 saturated heterocycles. The van der Waals surface area contributed by atoms with Crippen molar-refractivity contribution in [1.82, 2.24) is 40.8 Å². The van der Waals surface area contributed by atoms with Crippen LogP contribution in [0.5, 0.6) is 0 Å². The maximum atomic E-state index is 13.3. The molecule has 14 nitrogen and oxygen atoms in total. The number of aliphatic carboxylic acids is 1. The summed E-state index contributed by atoms with van der Waals surface area (Å²) in [4.78, 5) is 77.7. The van der Waals surface area contributed by atoms with Crippen LogP contribution in [-0.2, 0) is 37.1 Å². The molecule has 1 atom stereocenters. The Kier molecular flexibility index (Phi) is 10.4. The number of hydrogen-bond acceptors (Lipinski definition) is 7.